The van der Waals surface area contributed by atoms with Crippen molar-refractivity contribution in [2.45, 2.75) is 62.6 Å². The first-order chi connectivity index (χ1) is 21.7. The molecule has 0 spiro atoms. The summed E-state index contributed by atoms with van der Waals surface area (Å²) < 4.78 is 30.2. The van der Waals surface area contributed by atoms with E-state index in [9.17, 15) is 18.0 Å². The van der Waals surface area contributed by atoms with Crippen LogP contribution in [-0.2, 0) is 32.6 Å². The van der Waals surface area contributed by atoms with Crippen LogP contribution in [0.5, 0.6) is 0 Å². The van der Waals surface area contributed by atoms with Gasteiger partial charge in [-0.15, -0.1) is 0 Å². The molecule has 234 valence electrons. The minimum Gasteiger partial charge on any atom is -0.352 e. The van der Waals surface area contributed by atoms with Crippen LogP contribution in [0.15, 0.2) is 119 Å². The van der Waals surface area contributed by atoms with Crippen molar-refractivity contribution in [2.75, 3.05) is 10.8 Å². The van der Waals surface area contributed by atoms with Crippen LogP contribution in [0, 0.1) is 6.92 Å². The van der Waals surface area contributed by atoms with Gasteiger partial charge in [-0.25, -0.2) is 8.42 Å². The first-order valence-corrected chi connectivity index (χ1v) is 17.5. The average Bonchev–Trinajstić information content (AvgIpc) is 3.56. The molecule has 4 aromatic carbocycles. The van der Waals surface area contributed by atoms with E-state index in [4.69, 9.17) is 0 Å². The van der Waals surface area contributed by atoms with Crippen molar-refractivity contribution in [2.24, 2.45) is 0 Å². The number of carbonyl (C=O) groups excluding carboxylic acids is 2. The second-order valence-corrected chi connectivity index (χ2v) is 14.3. The van der Waals surface area contributed by atoms with E-state index in [1.807, 2.05) is 67.6 Å². The van der Waals surface area contributed by atoms with E-state index in [-0.39, 0.29) is 23.4 Å². The van der Waals surface area contributed by atoms with Gasteiger partial charge in [-0.3, -0.25) is 13.9 Å². The molecular formula is C36H38BrN3O4S. The van der Waals surface area contributed by atoms with Gasteiger partial charge in [0.25, 0.3) is 10.0 Å². The first kappa shape index (κ1) is 32.4. The predicted molar refractivity (Wildman–Crippen MR) is 181 cm³/mol. The SMILES string of the molecule is Cc1ccc(S(=O)(=O)N(CC(=O)N(Cc2ccccc2)[C@@H](Cc2ccccc2)C(=O)NC2CCCC2)c2ccc(Br)cc2)cc1. The Hall–Kier alpha value is -3.95. The highest BCUT2D eigenvalue weighted by atomic mass is 79.9. The molecule has 5 rings (SSSR count). The molecule has 0 aliphatic heterocycles. The zero-order valence-electron chi connectivity index (χ0n) is 25.3. The third kappa shape index (κ3) is 8.41. The summed E-state index contributed by atoms with van der Waals surface area (Å²) in [7, 11) is -4.14. The number of amides is 2. The van der Waals surface area contributed by atoms with Crippen LogP contribution >= 0.6 is 15.9 Å². The van der Waals surface area contributed by atoms with Crippen LogP contribution in [0.4, 0.5) is 5.69 Å². The molecule has 0 saturated heterocycles. The van der Waals surface area contributed by atoms with E-state index in [0.29, 0.717) is 12.1 Å². The number of rotatable bonds is 12. The van der Waals surface area contributed by atoms with Crippen molar-refractivity contribution in [3.8, 4) is 0 Å². The van der Waals surface area contributed by atoms with Gasteiger partial charge in [-0.2, -0.15) is 0 Å². The van der Waals surface area contributed by atoms with Crippen molar-refractivity contribution < 1.29 is 18.0 Å². The molecule has 0 heterocycles. The molecule has 45 heavy (non-hydrogen) atoms. The lowest BCUT2D eigenvalue weighted by Crippen LogP contribution is -2.54. The van der Waals surface area contributed by atoms with Crippen molar-refractivity contribution >= 4 is 43.5 Å². The molecule has 0 radical (unpaired) electrons. The number of nitrogens with zero attached hydrogens (tertiary/aromatic N) is 2. The number of halogens is 1. The lowest BCUT2D eigenvalue weighted by Gasteiger charge is -2.34. The highest BCUT2D eigenvalue weighted by molar-refractivity contribution is 9.10. The van der Waals surface area contributed by atoms with Gasteiger partial charge in [-0.1, -0.05) is 107 Å². The Morgan fingerprint density at radius 3 is 2.00 bits per heavy atom. The topological polar surface area (TPSA) is 86.8 Å². The third-order valence-corrected chi connectivity index (χ3v) is 10.5. The zero-order valence-corrected chi connectivity index (χ0v) is 27.7. The van der Waals surface area contributed by atoms with Gasteiger partial charge in [0.2, 0.25) is 11.8 Å². The van der Waals surface area contributed by atoms with Gasteiger partial charge in [-0.05, 0) is 67.3 Å². The quantitative estimate of drug-likeness (QED) is 0.181. The van der Waals surface area contributed by atoms with Crippen molar-refractivity contribution in [3.05, 3.63) is 130 Å². The van der Waals surface area contributed by atoms with Gasteiger partial charge < -0.3 is 10.2 Å². The van der Waals surface area contributed by atoms with Gasteiger partial charge in [0.15, 0.2) is 0 Å². The Kier molecular flexibility index (Phi) is 10.7. The molecule has 9 heteroatoms. The fourth-order valence-electron chi connectivity index (χ4n) is 5.68. The highest BCUT2D eigenvalue weighted by Gasteiger charge is 2.35. The number of hydrogen-bond donors (Lipinski definition) is 1. The minimum atomic E-state index is -4.14. The maximum atomic E-state index is 14.5. The summed E-state index contributed by atoms with van der Waals surface area (Å²) in [6.45, 7) is 1.55. The van der Waals surface area contributed by atoms with E-state index in [2.05, 4.69) is 21.2 Å². The normalized spacial score (nSPS) is 14.1. The highest BCUT2D eigenvalue weighted by Crippen LogP contribution is 2.27. The number of anilines is 1. The molecule has 1 saturated carbocycles. The Morgan fingerprint density at radius 1 is 0.822 bits per heavy atom. The van der Waals surface area contributed by atoms with E-state index in [1.165, 1.54) is 0 Å². The maximum Gasteiger partial charge on any atom is 0.264 e. The molecule has 1 N–H and O–H groups in total. The minimum absolute atomic E-state index is 0.0608. The summed E-state index contributed by atoms with van der Waals surface area (Å²) in [5.74, 6) is -0.702. The Morgan fingerprint density at radius 2 is 1.40 bits per heavy atom. The van der Waals surface area contributed by atoms with Gasteiger partial charge >= 0.3 is 0 Å². The van der Waals surface area contributed by atoms with Crippen molar-refractivity contribution in [3.63, 3.8) is 0 Å². The van der Waals surface area contributed by atoms with E-state index in [1.54, 1.807) is 53.4 Å². The van der Waals surface area contributed by atoms with E-state index in [0.717, 1.165) is 51.2 Å². The number of nitrogens with one attached hydrogen (secondary N) is 1. The number of hydrogen-bond acceptors (Lipinski definition) is 4. The second kappa shape index (κ2) is 14.9. The molecular weight excluding hydrogens is 650 g/mol. The second-order valence-electron chi connectivity index (χ2n) is 11.5. The van der Waals surface area contributed by atoms with Crippen LogP contribution in [0.1, 0.15) is 42.4 Å². The summed E-state index contributed by atoms with van der Waals surface area (Å²) in [6.07, 6.45) is 4.21. The van der Waals surface area contributed by atoms with E-state index < -0.39 is 28.5 Å². The van der Waals surface area contributed by atoms with Crippen LogP contribution in [0.3, 0.4) is 0 Å². The summed E-state index contributed by atoms with van der Waals surface area (Å²) >= 11 is 3.42. The molecule has 1 aliphatic rings. The summed E-state index contributed by atoms with van der Waals surface area (Å²) in [6, 6.07) is 31.7. The van der Waals surface area contributed by atoms with E-state index >= 15 is 0 Å². The lowest BCUT2D eigenvalue weighted by molar-refractivity contribution is -0.140. The molecule has 1 atom stereocenters. The van der Waals surface area contributed by atoms with Crippen LogP contribution in [-0.4, -0.2) is 43.8 Å². The molecule has 0 bridgehead atoms. The maximum absolute atomic E-state index is 14.5. The van der Waals surface area contributed by atoms with Gasteiger partial charge in [0.1, 0.15) is 12.6 Å². The Labute approximate surface area is 274 Å². The third-order valence-electron chi connectivity index (χ3n) is 8.17. The van der Waals surface area contributed by atoms with Crippen LogP contribution < -0.4 is 9.62 Å². The molecule has 1 fully saturated rings. The fraction of sp³-hybridized carbons (Fsp3) is 0.278. The average molecular weight is 689 g/mol. The largest absolute Gasteiger partial charge is 0.352 e. The molecule has 7 nitrogen and oxygen atoms in total. The summed E-state index contributed by atoms with van der Waals surface area (Å²) in [4.78, 5) is 30.2. The summed E-state index contributed by atoms with van der Waals surface area (Å²) in [5, 5.41) is 3.20. The summed E-state index contributed by atoms with van der Waals surface area (Å²) in [5.41, 5.74) is 3.02. The lowest BCUT2D eigenvalue weighted by atomic mass is 10.0. The fourth-order valence-corrected chi connectivity index (χ4v) is 7.35. The number of benzene rings is 4. The van der Waals surface area contributed by atoms with Crippen LogP contribution in [0.25, 0.3) is 0 Å². The predicted octanol–water partition coefficient (Wildman–Crippen LogP) is 6.65. The zero-order chi connectivity index (χ0) is 31.8. The Balaban J connectivity index is 1.55. The number of carbonyl (C=O) groups is 2. The Bertz CT molecular complexity index is 1680. The first-order valence-electron chi connectivity index (χ1n) is 15.2. The van der Waals surface area contributed by atoms with Crippen LogP contribution in [0.2, 0.25) is 0 Å². The van der Waals surface area contributed by atoms with Crippen molar-refractivity contribution in [1.82, 2.24) is 10.2 Å². The molecule has 0 aromatic heterocycles. The number of sulfonamides is 1. The smallest absolute Gasteiger partial charge is 0.264 e. The molecule has 4 aromatic rings. The molecule has 2 amide bonds. The van der Waals surface area contributed by atoms with Gasteiger partial charge in [0, 0.05) is 23.5 Å². The van der Waals surface area contributed by atoms with Gasteiger partial charge in [0.05, 0.1) is 10.6 Å². The molecule has 1 aliphatic carbocycles. The monoisotopic (exact) mass is 687 g/mol. The molecule has 0 unspecified atom stereocenters. The standard InChI is InChI=1S/C36H38BrN3O4S/c1-27-16-22-33(23-17-27)45(43,44)40(32-20-18-30(37)19-21-32)26-35(41)39(25-29-12-6-3-7-13-29)34(24-28-10-4-2-5-11-28)36(42)38-31-14-8-9-15-31/h2-7,10-13,16-23,31,34H,8-9,14-15,24-26H2,1H3,(H,38,42)/t34-/m0/s1. The number of aryl methyl sites for hydroxylation is 1. The van der Waals surface area contributed by atoms with Crippen molar-refractivity contribution in [1.29, 1.82) is 0 Å².